The third kappa shape index (κ3) is 3.91. The second kappa shape index (κ2) is 7.67. The van der Waals surface area contributed by atoms with Crippen molar-refractivity contribution in [1.29, 1.82) is 0 Å². The second-order valence-electron chi connectivity index (χ2n) is 6.54. The van der Waals surface area contributed by atoms with Crippen molar-refractivity contribution in [3.05, 3.63) is 88.0 Å². The number of hydrogen-bond donors (Lipinski definition) is 1. The van der Waals surface area contributed by atoms with Crippen LogP contribution >= 0.6 is 0 Å². The number of benzene rings is 2. The number of aryl methyl sites for hydroxylation is 1. The number of carbonyl (C=O) groups is 1. The summed E-state index contributed by atoms with van der Waals surface area (Å²) in [5.74, 6) is 0.263. The van der Waals surface area contributed by atoms with E-state index in [1.807, 2.05) is 0 Å². The number of halogens is 1. The van der Waals surface area contributed by atoms with Gasteiger partial charge in [-0.25, -0.2) is 9.37 Å². The van der Waals surface area contributed by atoms with Gasteiger partial charge in [-0.2, -0.15) is 0 Å². The van der Waals surface area contributed by atoms with Gasteiger partial charge in [0.25, 0.3) is 5.56 Å². The molecule has 1 N–H and O–H groups in total. The second-order valence-corrected chi connectivity index (χ2v) is 6.54. The predicted molar refractivity (Wildman–Crippen MR) is 104 cm³/mol. The summed E-state index contributed by atoms with van der Waals surface area (Å²) in [6.07, 6.45) is 0.0473. The van der Waals surface area contributed by atoms with Crippen LogP contribution in [0.2, 0.25) is 0 Å². The molecule has 0 fully saturated rings. The molecule has 0 radical (unpaired) electrons. The Morgan fingerprint density at radius 1 is 1.17 bits per heavy atom. The van der Waals surface area contributed by atoms with Gasteiger partial charge in [-0.15, -0.1) is 0 Å². The fourth-order valence-electron chi connectivity index (χ4n) is 3.06. The van der Waals surface area contributed by atoms with E-state index in [2.05, 4.69) is 15.5 Å². The van der Waals surface area contributed by atoms with Crippen LogP contribution in [0, 0.1) is 12.7 Å². The zero-order valence-corrected chi connectivity index (χ0v) is 15.6. The summed E-state index contributed by atoms with van der Waals surface area (Å²) in [6, 6.07) is 14.2. The van der Waals surface area contributed by atoms with E-state index in [0.29, 0.717) is 33.9 Å². The molecular weight excluding hydrogens is 375 g/mol. The smallest absolute Gasteiger partial charge is 0.266 e. The third-order valence-corrected chi connectivity index (χ3v) is 4.39. The van der Waals surface area contributed by atoms with E-state index >= 15 is 0 Å². The predicted octanol–water partition coefficient (Wildman–Crippen LogP) is 2.68. The SMILES string of the molecule is Cc1cc(CC(=O)NCc2nc3ccccc3c(=O)n2-c2ccc(F)cc2)no1. The standard InChI is InChI=1S/C21H17FN4O3/c1-13-10-15(25-29-13)11-20(27)23-12-19-24-18-5-3-2-4-17(18)21(28)26(19)16-8-6-14(22)7-9-16/h2-10H,11-12H2,1H3,(H,23,27). The van der Waals surface area contributed by atoms with Crippen molar-refractivity contribution in [3.8, 4) is 5.69 Å². The van der Waals surface area contributed by atoms with Crippen LogP contribution in [-0.4, -0.2) is 20.6 Å². The summed E-state index contributed by atoms with van der Waals surface area (Å²) in [5.41, 5.74) is 1.21. The lowest BCUT2D eigenvalue weighted by molar-refractivity contribution is -0.120. The van der Waals surface area contributed by atoms with Crippen molar-refractivity contribution < 1.29 is 13.7 Å². The number of rotatable bonds is 5. The van der Waals surface area contributed by atoms with Crippen LogP contribution in [0.15, 0.2) is 63.9 Å². The molecule has 0 aliphatic carbocycles. The van der Waals surface area contributed by atoms with Gasteiger partial charge >= 0.3 is 0 Å². The fraction of sp³-hybridized carbons (Fsp3) is 0.143. The lowest BCUT2D eigenvalue weighted by atomic mass is 10.2. The van der Waals surface area contributed by atoms with Crippen molar-refractivity contribution in [2.75, 3.05) is 0 Å². The highest BCUT2D eigenvalue weighted by molar-refractivity contribution is 5.79. The van der Waals surface area contributed by atoms with Crippen molar-refractivity contribution in [1.82, 2.24) is 20.0 Å². The molecule has 2 heterocycles. The minimum Gasteiger partial charge on any atom is -0.361 e. The number of hydrogen-bond acceptors (Lipinski definition) is 5. The highest BCUT2D eigenvalue weighted by Crippen LogP contribution is 2.14. The monoisotopic (exact) mass is 392 g/mol. The maximum absolute atomic E-state index is 13.3. The van der Waals surface area contributed by atoms with Gasteiger partial charge in [0, 0.05) is 6.07 Å². The van der Waals surface area contributed by atoms with Crippen LogP contribution in [0.3, 0.4) is 0 Å². The molecule has 7 nitrogen and oxygen atoms in total. The Bertz CT molecular complexity index is 1250. The van der Waals surface area contributed by atoms with Gasteiger partial charge in [-0.05, 0) is 43.3 Å². The lowest BCUT2D eigenvalue weighted by Gasteiger charge is -2.14. The molecule has 1 amide bonds. The summed E-state index contributed by atoms with van der Waals surface area (Å²) < 4.78 is 19.7. The molecule has 146 valence electrons. The summed E-state index contributed by atoms with van der Waals surface area (Å²) in [7, 11) is 0. The van der Waals surface area contributed by atoms with Crippen LogP contribution in [0.25, 0.3) is 16.6 Å². The first-order valence-corrected chi connectivity index (χ1v) is 8.97. The summed E-state index contributed by atoms with van der Waals surface area (Å²) in [5, 5.41) is 6.99. The molecule has 0 saturated carbocycles. The minimum atomic E-state index is -0.409. The molecule has 0 unspecified atom stereocenters. The maximum atomic E-state index is 13.3. The summed E-state index contributed by atoms with van der Waals surface area (Å²) in [6.45, 7) is 1.77. The van der Waals surface area contributed by atoms with Crippen LogP contribution < -0.4 is 10.9 Å². The van der Waals surface area contributed by atoms with Crippen molar-refractivity contribution >= 4 is 16.8 Å². The molecule has 0 spiro atoms. The number of aromatic nitrogens is 3. The van der Waals surface area contributed by atoms with Gasteiger partial charge in [-0.3, -0.25) is 14.2 Å². The Morgan fingerprint density at radius 3 is 2.66 bits per heavy atom. The van der Waals surface area contributed by atoms with Gasteiger partial charge in [0.1, 0.15) is 17.4 Å². The summed E-state index contributed by atoms with van der Waals surface area (Å²) in [4.78, 5) is 29.9. The Kier molecular flexibility index (Phi) is 4.90. The number of nitrogens with zero attached hydrogens (tertiary/aromatic N) is 3. The molecule has 4 aromatic rings. The van der Waals surface area contributed by atoms with Crippen molar-refractivity contribution in [2.45, 2.75) is 19.9 Å². The first-order valence-electron chi connectivity index (χ1n) is 8.97. The first kappa shape index (κ1) is 18.5. The molecule has 0 bridgehead atoms. The van der Waals surface area contributed by atoms with E-state index in [1.165, 1.54) is 28.8 Å². The van der Waals surface area contributed by atoms with E-state index in [9.17, 15) is 14.0 Å². The molecule has 29 heavy (non-hydrogen) atoms. The molecule has 8 heteroatoms. The van der Waals surface area contributed by atoms with Crippen molar-refractivity contribution in [3.63, 3.8) is 0 Å². The van der Waals surface area contributed by atoms with E-state index in [0.717, 1.165) is 0 Å². The molecule has 2 aromatic heterocycles. The lowest BCUT2D eigenvalue weighted by Crippen LogP contribution is -2.31. The quantitative estimate of drug-likeness (QED) is 0.564. The van der Waals surface area contributed by atoms with Crippen LogP contribution in [0.4, 0.5) is 4.39 Å². The fourth-order valence-corrected chi connectivity index (χ4v) is 3.06. The van der Waals surface area contributed by atoms with Crippen LogP contribution in [0.1, 0.15) is 17.3 Å². The average molecular weight is 392 g/mol. The maximum Gasteiger partial charge on any atom is 0.266 e. The molecule has 0 atom stereocenters. The van der Waals surface area contributed by atoms with Gasteiger partial charge < -0.3 is 9.84 Å². The van der Waals surface area contributed by atoms with E-state index in [4.69, 9.17) is 4.52 Å². The van der Waals surface area contributed by atoms with E-state index in [-0.39, 0.29) is 24.4 Å². The molecule has 0 aliphatic rings. The van der Waals surface area contributed by atoms with E-state index in [1.54, 1.807) is 37.3 Å². The van der Waals surface area contributed by atoms with Crippen molar-refractivity contribution in [2.24, 2.45) is 0 Å². The minimum absolute atomic E-state index is 0.0210. The number of nitrogens with one attached hydrogen (secondary N) is 1. The Morgan fingerprint density at radius 2 is 1.93 bits per heavy atom. The normalized spacial score (nSPS) is 11.0. The molecule has 2 aromatic carbocycles. The zero-order chi connectivity index (χ0) is 20.4. The van der Waals surface area contributed by atoms with E-state index < -0.39 is 5.82 Å². The molecule has 4 rings (SSSR count). The molecule has 0 aliphatic heterocycles. The topological polar surface area (TPSA) is 90.0 Å². The number of carbonyl (C=O) groups excluding carboxylic acids is 1. The first-order chi connectivity index (χ1) is 14.0. The highest BCUT2D eigenvalue weighted by atomic mass is 19.1. The largest absolute Gasteiger partial charge is 0.361 e. The van der Waals surface area contributed by atoms with Gasteiger partial charge in [0.05, 0.1) is 35.2 Å². The Hall–Kier alpha value is -3.81. The zero-order valence-electron chi connectivity index (χ0n) is 15.6. The molecule has 0 saturated heterocycles. The van der Waals surface area contributed by atoms with Gasteiger partial charge in [0.2, 0.25) is 5.91 Å². The van der Waals surface area contributed by atoms with Gasteiger partial charge in [0.15, 0.2) is 0 Å². The number of para-hydroxylation sites is 1. The highest BCUT2D eigenvalue weighted by Gasteiger charge is 2.14. The molecular formula is C21H17FN4O3. The van der Waals surface area contributed by atoms with Crippen LogP contribution in [0.5, 0.6) is 0 Å². The number of fused-ring (bicyclic) bond motifs is 1. The summed E-state index contributed by atoms with van der Waals surface area (Å²) >= 11 is 0. The van der Waals surface area contributed by atoms with Crippen LogP contribution in [-0.2, 0) is 17.8 Å². The Balaban J connectivity index is 1.68. The third-order valence-electron chi connectivity index (χ3n) is 4.39. The average Bonchev–Trinajstić information content (AvgIpc) is 3.12. The number of amides is 1. The van der Waals surface area contributed by atoms with Gasteiger partial charge in [-0.1, -0.05) is 17.3 Å². The Labute approximate surface area is 164 Å².